The number of halogens is 2. The van der Waals surface area contributed by atoms with Crippen LogP contribution in [-0.4, -0.2) is 35.0 Å². The summed E-state index contributed by atoms with van der Waals surface area (Å²) in [4.78, 5) is 24.5. The molecule has 1 aliphatic rings. The molecule has 0 heterocycles. The molecular weight excluding hydrogens is 285 g/mol. The maximum absolute atomic E-state index is 13.4. The minimum absolute atomic E-state index is 0.0812. The van der Waals surface area contributed by atoms with Gasteiger partial charge < -0.3 is 10.0 Å². The summed E-state index contributed by atoms with van der Waals surface area (Å²) in [5.41, 5.74) is 0.0812. The van der Waals surface area contributed by atoms with E-state index in [1.165, 1.54) is 23.1 Å². The first-order chi connectivity index (χ1) is 9.49. The molecule has 1 amide bonds. The molecule has 20 heavy (non-hydrogen) atoms. The van der Waals surface area contributed by atoms with E-state index >= 15 is 0 Å². The zero-order valence-corrected chi connectivity index (χ0v) is 11.6. The quantitative estimate of drug-likeness (QED) is 0.879. The third-order valence-corrected chi connectivity index (χ3v) is 3.62. The normalized spacial score (nSPS) is 14.1. The van der Waals surface area contributed by atoms with Gasteiger partial charge in [0.25, 0.3) is 5.91 Å². The summed E-state index contributed by atoms with van der Waals surface area (Å²) in [6, 6.07) is 4.05. The number of benzene rings is 1. The first kappa shape index (κ1) is 14.8. The second-order valence-electron chi connectivity index (χ2n) is 4.94. The number of aliphatic carboxylic acids is 1. The monoisotopic (exact) mass is 299 g/mol. The van der Waals surface area contributed by atoms with Gasteiger partial charge in [-0.05, 0) is 30.9 Å². The molecule has 0 bridgehead atoms. The Morgan fingerprint density at radius 3 is 2.70 bits per heavy atom. The largest absolute Gasteiger partial charge is 0.481 e. The second-order valence-corrected chi connectivity index (χ2v) is 5.32. The molecule has 0 aromatic heterocycles. The standard InChI is InChI=1S/C14H15ClFNO3/c15-13-10(2-1-3-11(13)16)14(20)17(7-6-12(18)19)8-9-4-5-9/h1-3,9H,4-8H2,(H,18,19). The summed E-state index contributed by atoms with van der Waals surface area (Å²) < 4.78 is 13.4. The lowest BCUT2D eigenvalue weighted by Gasteiger charge is -2.22. The number of carboxylic acids is 1. The Labute approximate surface area is 121 Å². The summed E-state index contributed by atoms with van der Waals surface area (Å²) in [5.74, 6) is -1.62. The highest BCUT2D eigenvalue weighted by molar-refractivity contribution is 6.34. The summed E-state index contributed by atoms with van der Waals surface area (Å²) in [5, 5.41) is 8.52. The van der Waals surface area contributed by atoms with Crippen LogP contribution in [0, 0.1) is 11.7 Å². The predicted molar refractivity (Wildman–Crippen MR) is 72.3 cm³/mol. The SMILES string of the molecule is O=C(O)CCN(CC1CC1)C(=O)c1cccc(F)c1Cl. The van der Waals surface area contributed by atoms with Gasteiger partial charge in [0.05, 0.1) is 17.0 Å². The highest BCUT2D eigenvalue weighted by Gasteiger charge is 2.28. The van der Waals surface area contributed by atoms with E-state index in [-0.39, 0.29) is 23.6 Å². The van der Waals surface area contributed by atoms with Gasteiger partial charge in [-0.15, -0.1) is 0 Å². The fourth-order valence-corrected chi connectivity index (χ4v) is 2.16. The molecule has 0 radical (unpaired) electrons. The van der Waals surface area contributed by atoms with E-state index in [0.717, 1.165) is 12.8 Å². The van der Waals surface area contributed by atoms with Crippen molar-refractivity contribution in [3.05, 3.63) is 34.6 Å². The molecule has 6 heteroatoms. The number of hydrogen-bond acceptors (Lipinski definition) is 2. The molecule has 0 atom stereocenters. The Morgan fingerprint density at radius 2 is 2.10 bits per heavy atom. The first-order valence-corrected chi connectivity index (χ1v) is 6.82. The fourth-order valence-electron chi connectivity index (χ4n) is 1.96. The van der Waals surface area contributed by atoms with Crippen molar-refractivity contribution >= 4 is 23.5 Å². The lowest BCUT2D eigenvalue weighted by atomic mass is 10.1. The van der Waals surface area contributed by atoms with Crippen molar-refractivity contribution in [2.24, 2.45) is 5.92 Å². The maximum atomic E-state index is 13.4. The number of nitrogens with zero attached hydrogens (tertiary/aromatic N) is 1. The molecule has 1 aromatic carbocycles. The van der Waals surface area contributed by atoms with Crippen LogP contribution in [0.5, 0.6) is 0 Å². The van der Waals surface area contributed by atoms with Gasteiger partial charge in [-0.25, -0.2) is 4.39 Å². The minimum atomic E-state index is -0.969. The summed E-state index contributed by atoms with van der Waals surface area (Å²) in [6.07, 6.45) is 1.94. The first-order valence-electron chi connectivity index (χ1n) is 6.44. The summed E-state index contributed by atoms with van der Waals surface area (Å²) in [6.45, 7) is 0.608. The van der Waals surface area contributed by atoms with Crippen molar-refractivity contribution in [1.82, 2.24) is 4.90 Å². The van der Waals surface area contributed by atoms with E-state index in [1.807, 2.05) is 0 Å². The molecule has 108 valence electrons. The Morgan fingerprint density at radius 1 is 1.40 bits per heavy atom. The molecule has 1 fully saturated rings. The van der Waals surface area contributed by atoms with E-state index in [2.05, 4.69) is 0 Å². The minimum Gasteiger partial charge on any atom is -0.481 e. The molecule has 1 aliphatic carbocycles. The number of amides is 1. The van der Waals surface area contributed by atoms with Crippen LogP contribution in [-0.2, 0) is 4.79 Å². The van der Waals surface area contributed by atoms with Crippen LogP contribution < -0.4 is 0 Å². The molecule has 4 nitrogen and oxygen atoms in total. The van der Waals surface area contributed by atoms with Crippen LogP contribution in [0.3, 0.4) is 0 Å². The van der Waals surface area contributed by atoms with Crippen LogP contribution in [0.1, 0.15) is 29.6 Å². The lowest BCUT2D eigenvalue weighted by Crippen LogP contribution is -2.35. The Hall–Kier alpha value is -1.62. The molecule has 1 N–H and O–H groups in total. The van der Waals surface area contributed by atoms with Crippen LogP contribution in [0.4, 0.5) is 4.39 Å². The van der Waals surface area contributed by atoms with Crippen molar-refractivity contribution in [3.8, 4) is 0 Å². The van der Waals surface area contributed by atoms with E-state index < -0.39 is 17.7 Å². The zero-order valence-electron chi connectivity index (χ0n) is 10.8. The van der Waals surface area contributed by atoms with Crippen molar-refractivity contribution in [2.75, 3.05) is 13.1 Å². The van der Waals surface area contributed by atoms with Gasteiger partial charge in [0.2, 0.25) is 0 Å². The van der Waals surface area contributed by atoms with Crippen molar-refractivity contribution in [1.29, 1.82) is 0 Å². The van der Waals surface area contributed by atoms with Gasteiger partial charge in [-0.3, -0.25) is 9.59 Å². The zero-order chi connectivity index (χ0) is 14.7. The molecule has 0 spiro atoms. The smallest absolute Gasteiger partial charge is 0.305 e. The predicted octanol–water partition coefficient (Wildman–Crippen LogP) is 2.81. The van der Waals surface area contributed by atoms with E-state index in [9.17, 15) is 14.0 Å². The summed E-state index contributed by atoms with van der Waals surface area (Å²) in [7, 11) is 0. The van der Waals surface area contributed by atoms with Crippen molar-refractivity contribution < 1.29 is 19.1 Å². The number of hydrogen-bond donors (Lipinski definition) is 1. The summed E-state index contributed by atoms with van der Waals surface area (Å²) >= 11 is 5.81. The third-order valence-electron chi connectivity index (χ3n) is 3.24. The lowest BCUT2D eigenvalue weighted by molar-refractivity contribution is -0.137. The number of carbonyl (C=O) groups is 2. The highest BCUT2D eigenvalue weighted by Crippen LogP contribution is 2.31. The average Bonchev–Trinajstić information content (AvgIpc) is 3.21. The number of rotatable bonds is 6. The van der Waals surface area contributed by atoms with Gasteiger partial charge in [-0.2, -0.15) is 0 Å². The van der Waals surface area contributed by atoms with Gasteiger partial charge in [-0.1, -0.05) is 17.7 Å². The van der Waals surface area contributed by atoms with Crippen molar-refractivity contribution in [2.45, 2.75) is 19.3 Å². The van der Waals surface area contributed by atoms with Crippen LogP contribution >= 0.6 is 11.6 Å². The topological polar surface area (TPSA) is 57.6 Å². The Bertz CT molecular complexity index is 531. The van der Waals surface area contributed by atoms with Crippen LogP contribution in [0.2, 0.25) is 5.02 Å². The maximum Gasteiger partial charge on any atom is 0.305 e. The number of carbonyl (C=O) groups excluding carboxylic acids is 1. The molecule has 0 unspecified atom stereocenters. The van der Waals surface area contributed by atoms with Gasteiger partial charge in [0, 0.05) is 13.1 Å². The van der Waals surface area contributed by atoms with Gasteiger partial charge in [0.1, 0.15) is 5.82 Å². The molecule has 2 rings (SSSR count). The molecule has 0 aliphatic heterocycles. The molecule has 0 saturated heterocycles. The molecule has 1 saturated carbocycles. The van der Waals surface area contributed by atoms with E-state index in [0.29, 0.717) is 12.5 Å². The fraction of sp³-hybridized carbons (Fsp3) is 0.429. The second kappa shape index (κ2) is 6.22. The van der Waals surface area contributed by atoms with Gasteiger partial charge >= 0.3 is 5.97 Å². The van der Waals surface area contributed by atoms with Gasteiger partial charge in [0.15, 0.2) is 0 Å². The molecule has 1 aromatic rings. The molecular formula is C14H15ClFNO3. The number of carboxylic acid groups (broad SMARTS) is 1. The Kier molecular flexibility index (Phi) is 4.60. The van der Waals surface area contributed by atoms with Crippen LogP contribution in [0.15, 0.2) is 18.2 Å². The van der Waals surface area contributed by atoms with E-state index in [4.69, 9.17) is 16.7 Å². The van der Waals surface area contributed by atoms with Crippen molar-refractivity contribution in [3.63, 3.8) is 0 Å². The van der Waals surface area contributed by atoms with E-state index in [1.54, 1.807) is 0 Å². The van der Waals surface area contributed by atoms with Crippen LogP contribution in [0.25, 0.3) is 0 Å². The average molecular weight is 300 g/mol. The Balaban J connectivity index is 2.15. The highest BCUT2D eigenvalue weighted by atomic mass is 35.5. The third kappa shape index (κ3) is 3.70.